The molecule has 0 atom stereocenters. The molecule has 0 aliphatic carbocycles. The average molecular weight is 414 g/mol. The molecule has 1 aliphatic rings. The largest absolute Gasteiger partial charge is 0.352 e. The highest BCUT2D eigenvalue weighted by Gasteiger charge is 2.29. The molecule has 0 saturated carbocycles. The predicted molar refractivity (Wildman–Crippen MR) is 108 cm³/mol. The summed E-state index contributed by atoms with van der Waals surface area (Å²) in [6, 6.07) is 10.3. The standard InChI is InChI=1S/C20H23N5O3S/c1-15-18(19-21-10-5-11-25(19)23-15)20(26)22-14-16-8-12-24(13-9-16)29(27,28)17-6-3-2-4-7-17/h2-7,10-11,16H,8-9,12-14H2,1H3,(H,22,26). The number of rotatable bonds is 5. The van der Waals surface area contributed by atoms with Gasteiger partial charge in [0.2, 0.25) is 10.0 Å². The van der Waals surface area contributed by atoms with Gasteiger partial charge < -0.3 is 5.32 Å². The molecule has 0 radical (unpaired) electrons. The molecule has 1 saturated heterocycles. The third-order valence-corrected chi connectivity index (χ3v) is 7.22. The summed E-state index contributed by atoms with van der Waals surface area (Å²) < 4.78 is 28.6. The number of aryl methyl sites for hydroxylation is 1. The van der Waals surface area contributed by atoms with Crippen LogP contribution in [0.15, 0.2) is 53.7 Å². The maximum Gasteiger partial charge on any atom is 0.257 e. The lowest BCUT2D eigenvalue weighted by atomic mass is 9.98. The Morgan fingerprint density at radius 3 is 2.62 bits per heavy atom. The minimum atomic E-state index is -3.46. The number of carbonyl (C=O) groups excluding carboxylic acids is 1. The van der Waals surface area contributed by atoms with Gasteiger partial charge in [-0.15, -0.1) is 0 Å². The molecule has 3 heterocycles. The van der Waals surface area contributed by atoms with Gasteiger partial charge in [-0.25, -0.2) is 17.9 Å². The molecule has 8 nitrogen and oxygen atoms in total. The van der Waals surface area contributed by atoms with Gasteiger partial charge in [0.05, 0.1) is 10.6 Å². The first kappa shape index (κ1) is 19.5. The smallest absolute Gasteiger partial charge is 0.257 e. The highest BCUT2D eigenvalue weighted by molar-refractivity contribution is 7.89. The Hall–Kier alpha value is -2.78. The number of nitrogens with one attached hydrogen (secondary N) is 1. The minimum Gasteiger partial charge on any atom is -0.352 e. The Bertz CT molecular complexity index is 1120. The molecule has 1 aliphatic heterocycles. The first-order valence-electron chi connectivity index (χ1n) is 9.60. The van der Waals surface area contributed by atoms with Crippen molar-refractivity contribution in [3.8, 4) is 0 Å². The Balaban J connectivity index is 1.36. The Morgan fingerprint density at radius 1 is 1.17 bits per heavy atom. The second-order valence-electron chi connectivity index (χ2n) is 7.22. The topological polar surface area (TPSA) is 96.7 Å². The van der Waals surface area contributed by atoms with E-state index in [1.807, 2.05) is 0 Å². The van der Waals surface area contributed by atoms with Crippen molar-refractivity contribution in [1.82, 2.24) is 24.2 Å². The van der Waals surface area contributed by atoms with E-state index in [1.54, 1.807) is 60.2 Å². The van der Waals surface area contributed by atoms with E-state index in [2.05, 4.69) is 15.4 Å². The number of nitrogens with zero attached hydrogens (tertiary/aromatic N) is 4. The number of hydrogen-bond donors (Lipinski definition) is 1. The van der Waals surface area contributed by atoms with Gasteiger partial charge in [-0.05, 0) is 43.9 Å². The first-order valence-corrected chi connectivity index (χ1v) is 11.0. The number of amides is 1. The quantitative estimate of drug-likeness (QED) is 0.689. The molecule has 29 heavy (non-hydrogen) atoms. The molecule has 152 valence electrons. The molecule has 1 N–H and O–H groups in total. The highest BCUT2D eigenvalue weighted by atomic mass is 32.2. The number of sulfonamides is 1. The summed E-state index contributed by atoms with van der Waals surface area (Å²) in [6.07, 6.45) is 4.81. The zero-order valence-electron chi connectivity index (χ0n) is 16.2. The molecular weight excluding hydrogens is 390 g/mol. The Kier molecular flexibility index (Phi) is 5.33. The average Bonchev–Trinajstić information content (AvgIpc) is 3.08. The van der Waals surface area contributed by atoms with E-state index in [9.17, 15) is 13.2 Å². The fourth-order valence-corrected chi connectivity index (χ4v) is 5.17. The van der Waals surface area contributed by atoms with E-state index >= 15 is 0 Å². The van der Waals surface area contributed by atoms with Crippen molar-refractivity contribution in [2.45, 2.75) is 24.7 Å². The van der Waals surface area contributed by atoms with Crippen LogP contribution in [0.4, 0.5) is 0 Å². The summed E-state index contributed by atoms with van der Waals surface area (Å²) in [7, 11) is -3.46. The highest BCUT2D eigenvalue weighted by Crippen LogP contribution is 2.23. The normalized spacial score (nSPS) is 16.2. The van der Waals surface area contributed by atoms with Gasteiger partial charge in [-0.1, -0.05) is 18.2 Å². The lowest BCUT2D eigenvalue weighted by Crippen LogP contribution is -2.41. The molecule has 2 aromatic heterocycles. The van der Waals surface area contributed by atoms with Crippen LogP contribution in [0.1, 0.15) is 28.9 Å². The van der Waals surface area contributed by atoms with Gasteiger partial charge in [0.25, 0.3) is 5.91 Å². The molecular formula is C20H23N5O3S. The number of hydrogen-bond acceptors (Lipinski definition) is 5. The summed E-state index contributed by atoms with van der Waals surface area (Å²) in [5, 5.41) is 7.29. The summed E-state index contributed by atoms with van der Waals surface area (Å²) in [6.45, 7) is 3.20. The molecule has 9 heteroatoms. The number of aromatic nitrogens is 3. The summed E-state index contributed by atoms with van der Waals surface area (Å²) >= 11 is 0. The van der Waals surface area contributed by atoms with Crippen LogP contribution in [0.25, 0.3) is 5.65 Å². The van der Waals surface area contributed by atoms with Crippen LogP contribution in [-0.4, -0.2) is 52.9 Å². The predicted octanol–water partition coefficient (Wildman–Crippen LogP) is 1.87. The van der Waals surface area contributed by atoms with Crippen molar-refractivity contribution < 1.29 is 13.2 Å². The van der Waals surface area contributed by atoms with Gasteiger partial charge in [0.1, 0.15) is 5.56 Å². The van der Waals surface area contributed by atoms with Crippen LogP contribution >= 0.6 is 0 Å². The SMILES string of the molecule is Cc1nn2cccnc2c1C(=O)NCC1CCN(S(=O)(=O)c2ccccc2)CC1. The number of carbonyl (C=O) groups is 1. The molecule has 1 fully saturated rings. The van der Waals surface area contributed by atoms with Gasteiger partial charge in [-0.2, -0.15) is 9.40 Å². The number of fused-ring (bicyclic) bond motifs is 1. The van der Waals surface area contributed by atoms with Crippen molar-refractivity contribution in [3.05, 3.63) is 60.0 Å². The molecule has 4 rings (SSSR count). The molecule has 3 aromatic rings. The number of benzene rings is 1. The molecule has 0 unspecified atom stereocenters. The zero-order valence-corrected chi connectivity index (χ0v) is 17.0. The fourth-order valence-electron chi connectivity index (χ4n) is 3.68. The Labute approximate surface area is 169 Å². The third-order valence-electron chi connectivity index (χ3n) is 5.30. The fraction of sp³-hybridized carbons (Fsp3) is 0.350. The van der Waals surface area contributed by atoms with E-state index < -0.39 is 10.0 Å². The van der Waals surface area contributed by atoms with Gasteiger partial charge in [0, 0.05) is 32.0 Å². The minimum absolute atomic E-state index is 0.199. The monoisotopic (exact) mass is 413 g/mol. The second-order valence-corrected chi connectivity index (χ2v) is 9.16. The van der Waals surface area contributed by atoms with Gasteiger partial charge in [-0.3, -0.25) is 4.79 Å². The maximum atomic E-state index is 12.7. The van der Waals surface area contributed by atoms with Crippen molar-refractivity contribution >= 4 is 21.6 Å². The zero-order chi connectivity index (χ0) is 20.4. The van der Waals surface area contributed by atoms with E-state index in [1.165, 1.54) is 4.31 Å². The third kappa shape index (κ3) is 3.88. The lowest BCUT2D eigenvalue weighted by molar-refractivity contribution is 0.0942. The van der Waals surface area contributed by atoms with E-state index in [-0.39, 0.29) is 11.8 Å². The van der Waals surface area contributed by atoms with Gasteiger partial charge in [0.15, 0.2) is 5.65 Å². The van der Waals surface area contributed by atoms with E-state index in [0.717, 1.165) is 0 Å². The summed E-state index contributed by atoms with van der Waals surface area (Å²) in [5.74, 6) is 0.0341. The van der Waals surface area contributed by atoms with Crippen molar-refractivity contribution in [3.63, 3.8) is 0 Å². The second kappa shape index (κ2) is 7.92. The van der Waals surface area contributed by atoms with Gasteiger partial charge >= 0.3 is 0 Å². The van der Waals surface area contributed by atoms with E-state index in [4.69, 9.17) is 0 Å². The molecule has 0 spiro atoms. The first-order chi connectivity index (χ1) is 14.0. The van der Waals surface area contributed by atoms with Crippen molar-refractivity contribution in [1.29, 1.82) is 0 Å². The number of piperidine rings is 1. The maximum absolute atomic E-state index is 12.7. The molecule has 0 bridgehead atoms. The Morgan fingerprint density at radius 2 is 1.90 bits per heavy atom. The van der Waals surface area contributed by atoms with E-state index in [0.29, 0.717) is 54.3 Å². The lowest BCUT2D eigenvalue weighted by Gasteiger charge is -2.31. The van der Waals surface area contributed by atoms with Crippen LogP contribution in [0.2, 0.25) is 0 Å². The van der Waals surface area contributed by atoms with Crippen LogP contribution in [0, 0.1) is 12.8 Å². The summed E-state index contributed by atoms with van der Waals surface area (Å²) in [4.78, 5) is 17.3. The van der Waals surface area contributed by atoms with Crippen LogP contribution in [0.5, 0.6) is 0 Å². The molecule has 1 amide bonds. The van der Waals surface area contributed by atoms with Crippen LogP contribution in [-0.2, 0) is 10.0 Å². The van der Waals surface area contributed by atoms with Crippen LogP contribution in [0.3, 0.4) is 0 Å². The van der Waals surface area contributed by atoms with Crippen LogP contribution < -0.4 is 5.32 Å². The van der Waals surface area contributed by atoms with Crippen molar-refractivity contribution in [2.24, 2.45) is 5.92 Å². The molecule has 1 aromatic carbocycles. The van der Waals surface area contributed by atoms with Crippen molar-refractivity contribution in [2.75, 3.05) is 19.6 Å². The summed E-state index contributed by atoms with van der Waals surface area (Å²) in [5.41, 5.74) is 1.64.